The maximum Gasteiger partial charge on any atom is 0.160 e. The van der Waals surface area contributed by atoms with Crippen molar-refractivity contribution in [2.75, 3.05) is 0 Å². The molecule has 9 aromatic carbocycles. The molecule has 0 radical (unpaired) electrons. The molecule has 2 heterocycles. The van der Waals surface area contributed by atoms with E-state index in [-0.39, 0.29) is 0 Å². The molecule has 0 atom stereocenters. The summed E-state index contributed by atoms with van der Waals surface area (Å²) in [4.78, 5) is 10.7. The van der Waals surface area contributed by atoms with E-state index in [1.165, 1.54) is 66.7 Å². The van der Waals surface area contributed by atoms with Crippen LogP contribution < -0.4 is 0 Å². The number of aryl methyl sites for hydroxylation is 1. The Bertz CT molecular complexity index is 3600. The molecule has 2 aromatic heterocycles. The molecule has 11 aromatic rings. The van der Waals surface area contributed by atoms with Crippen molar-refractivity contribution in [1.82, 2.24) is 14.5 Å². The molecule has 0 amide bonds. The molecule has 1 aliphatic carbocycles. The van der Waals surface area contributed by atoms with E-state index < -0.39 is 0 Å². The van der Waals surface area contributed by atoms with Gasteiger partial charge in [-0.3, -0.25) is 0 Å². The topological polar surface area (TPSA) is 30.7 Å². The minimum absolute atomic E-state index is 0.685. The molecule has 0 bridgehead atoms. The summed E-state index contributed by atoms with van der Waals surface area (Å²) in [6.45, 7) is 0. The standard InChI is InChI=1S/C64H45N3/c1-3-15-44(16-4-1)50-19-11-21-52(39-50)46-31-35-48(36-32-46)60-43-61(66-64(65-60)56-25-14-26-57(42-56)67-62-29-9-7-27-58(62)59-28-8-10-30-63(59)67)49-37-33-47(34-38-49)53-22-13-24-55(41-53)54-23-12-20-51(40-54)45-17-5-2-6-18-45/h1-7,9-27,29-43H,8,28H2. The molecule has 0 aliphatic heterocycles. The third-order valence-electron chi connectivity index (χ3n) is 13.1. The first kappa shape index (κ1) is 39.9. The number of para-hydroxylation sites is 1. The molecule has 0 saturated heterocycles. The van der Waals surface area contributed by atoms with Crippen LogP contribution in [0, 0.1) is 0 Å². The zero-order valence-corrected chi connectivity index (χ0v) is 36.9. The van der Waals surface area contributed by atoms with Gasteiger partial charge < -0.3 is 4.57 Å². The van der Waals surface area contributed by atoms with Gasteiger partial charge in [-0.05, 0) is 123 Å². The molecule has 316 valence electrons. The molecule has 3 heteroatoms. The molecule has 0 N–H and O–H groups in total. The zero-order valence-electron chi connectivity index (χ0n) is 36.9. The highest BCUT2D eigenvalue weighted by atomic mass is 15.0. The van der Waals surface area contributed by atoms with Gasteiger partial charge in [0, 0.05) is 33.5 Å². The molecule has 67 heavy (non-hydrogen) atoms. The summed E-state index contributed by atoms with van der Waals surface area (Å²) < 4.78 is 2.40. The van der Waals surface area contributed by atoms with E-state index in [0.29, 0.717) is 5.82 Å². The summed E-state index contributed by atoms with van der Waals surface area (Å²) in [7, 11) is 0. The van der Waals surface area contributed by atoms with Crippen LogP contribution in [0.2, 0.25) is 0 Å². The van der Waals surface area contributed by atoms with E-state index in [0.717, 1.165) is 57.7 Å². The second kappa shape index (κ2) is 17.4. The smallest absolute Gasteiger partial charge is 0.160 e. The number of fused-ring (bicyclic) bond motifs is 3. The fourth-order valence-electron chi connectivity index (χ4n) is 9.68. The van der Waals surface area contributed by atoms with Gasteiger partial charge in [0.05, 0.1) is 16.9 Å². The van der Waals surface area contributed by atoms with Gasteiger partial charge >= 0.3 is 0 Å². The van der Waals surface area contributed by atoms with Crippen LogP contribution in [0.5, 0.6) is 0 Å². The molecule has 3 nitrogen and oxygen atoms in total. The molecule has 12 rings (SSSR count). The van der Waals surface area contributed by atoms with Crippen LogP contribution in [0.1, 0.15) is 17.7 Å². The fourth-order valence-corrected chi connectivity index (χ4v) is 9.68. The van der Waals surface area contributed by atoms with Gasteiger partial charge in [-0.2, -0.15) is 0 Å². The quantitative estimate of drug-likeness (QED) is 0.145. The van der Waals surface area contributed by atoms with Crippen LogP contribution in [-0.2, 0) is 6.42 Å². The molecule has 0 spiro atoms. The summed E-state index contributed by atoms with van der Waals surface area (Å²) in [5.41, 5.74) is 21.6. The Hall–Kier alpha value is -8.66. The van der Waals surface area contributed by atoms with E-state index >= 15 is 0 Å². The summed E-state index contributed by atoms with van der Waals surface area (Å²) >= 11 is 0. The molecular weight excluding hydrogens is 811 g/mol. The number of benzene rings is 9. The first-order valence-electron chi connectivity index (χ1n) is 23.1. The summed E-state index contributed by atoms with van der Waals surface area (Å²) in [5, 5.41) is 1.32. The van der Waals surface area contributed by atoms with E-state index in [4.69, 9.17) is 9.97 Å². The second-order valence-corrected chi connectivity index (χ2v) is 17.3. The van der Waals surface area contributed by atoms with Crippen LogP contribution in [-0.4, -0.2) is 14.5 Å². The van der Waals surface area contributed by atoms with Gasteiger partial charge in [0.15, 0.2) is 5.82 Å². The first-order valence-corrected chi connectivity index (χ1v) is 23.1. The largest absolute Gasteiger partial charge is 0.310 e. The minimum atomic E-state index is 0.685. The third kappa shape index (κ3) is 7.87. The van der Waals surface area contributed by atoms with E-state index in [1.807, 2.05) is 0 Å². The molecule has 0 unspecified atom stereocenters. The maximum absolute atomic E-state index is 5.33. The predicted octanol–water partition coefficient (Wildman–Crippen LogP) is 16.7. The number of hydrogen-bond acceptors (Lipinski definition) is 2. The lowest BCUT2D eigenvalue weighted by Gasteiger charge is -2.14. The van der Waals surface area contributed by atoms with E-state index in [2.05, 4.69) is 253 Å². The zero-order chi connectivity index (χ0) is 44.5. The highest BCUT2D eigenvalue weighted by Crippen LogP contribution is 2.37. The van der Waals surface area contributed by atoms with Crippen molar-refractivity contribution < 1.29 is 0 Å². The van der Waals surface area contributed by atoms with Gasteiger partial charge in [-0.25, -0.2) is 9.97 Å². The lowest BCUT2D eigenvalue weighted by Crippen LogP contribution is -2.01. The van der Waals surface area contributed by atoms with Gasteiger partial charge in [0.2, 0.25) is 0 Å². The summed E-state index contributed by atoms with van der Waals surface area (Å²) in [5.74, 6) is 0.685. The number of nitrogens with zero attached hydrogens (tertiary/aromatic N) is 3. The Morgan fingerprint density at radius 2 is 0.746 bits per heavy atom. The maximum atomic E-state index is 5.33. The number of hydrogen-bond donors (Lipinski definition) is 0. The van der Waals surface area contributed by atoms with E-state index in [1.54, 1.807) is 0 Å². The van der Waals surface area contributed by atoms with Crippen LogP contribution in [0.3, 0.4) is 0 Å². The van der Waals surface area contributed by atoms with Crippen LogP contribution in [0.4, 0.5) is 0 Å². The van der Waals surface area contributed by atoms with Gasteiger partial charge in [0.25, 0.3) is 0 Å². The van der Waals surface area contributed by atoms with Crippen LogP contribution >= 0.6 is 0 Å². The average molecular weight is 856 g/mol. The minimum Gasteiger partial charge on any atom is -0.310 e. The predicted molar refractivity (Wildman–Crippen MR) is 280 cm³/mol. The second-order valence-electron chi connectivity index (χ2n) is 17.3. The Morgan fingerprint density at radius 1 is 0.328 bits per heavy atom. The highest BCUT2D eigenvalue weighted by Gasteiger charge is 2.19. The van der Waals surface area contributed by atoms with Crippen LogP contribution in [0.25, 0.3) is 112 Å². The van der Waals surface area contributed by atoms with Crippen LogP contribution in [0.15, 0.2) is 243 Å². The Kier molecular flexibility index (Phi) is 10.3. The monoisotopic (exact) mass is 855 g/mol. The van der Waals surface area contributed by atoms with Gasteiger partial charge in [-0.15, -0.1) is 0 Å². The van der Waals surface area contributed by atoms with E-state index in [9.17, 15) is 0 Å². The number of rotatable bonds is 9. The van der Waals surface area contributed by atoms with Crippen molar-refractivity contribution in [2.45, 2.75) is 12.8 Å². The molecule has 1 aliphatic rings. The highest BCUT2D eigenvalue weighted by molar-refractivity contribution is 5.91. The lowest BCUT2D eigenvalue weighted by atomic mass is 9.95. The van der Waals surface area contributed by atoms with Crippen molar-refractivity contribution in [3.63, 3.8) is 0 Å². The third-order valence-corrected chi connectivity index (χ3v) is 13.1. The van der Waals surface area contributed by atoms with Crippen molar-refractivity contribution in [1.29, 1.82) is 0 Å². The molecule has 0 fully saturated rings. The van der Waals surface area contributed by atoms with Crippen molar-refractivity contribution >= 4 is 17.0 Å². The van der Waals surface area contributed by atoms with Crippen molar-refractivity contribution in [3.05, 3.63) is 254 Å². The number of allylic oxidation sites excluding steroid dienone is 1. The van der Waals surface area contributed by atoms with Crippen molar-refractivity contribution in [3.8, 4) is 95.2 Å². The normalized spacial score (nSPS) is 12.0. The lowest BCUT2D eigenvalue weighted by molar-refractivity contribution is 0.967. The Balaban J connectivity index is 0.919. The Labute approximate surface area is 391 Å². The molecular formula is C64H45N3. The van der Waals surface area contributed by atoms with Crippen molar-refractivity contribution in [2.24, 2.45) is 0 Å². The number of aromatic nitrogens is 3. The average Bonchev–Trinajstić information content (AvgIpc) is 3.76. The first-order chi connectivity index (χ1) is 33.2. The Morgan fingerprint density at radius 3 is 1.28 bits per heavy atom. The molecule has 0 saturated carbocycles. The SMILES string of the molecule is C1=Cc2c(c3ccccc3n2-c2cccc(-c3nc(-c4ccc(-c5cccc(-c6ccccc6)c5)cc4)cc(-c4ccc(-c5cccc(-c6cccc(-c7ccccc7)c6)c5)cc4)n3)c2)CC1. The fraction of sp³-hybridized carbons (Fsp3) is 0.0312. The van der Waals surface area contributed by atoms with Gasteiger partial charge in [-0.1, -0.05) is 200 Å². The summed E-state index contributed by atoms with van der Waals surface area (Å²) in [6, 6.07) is 84.7. The summed E-state index contributed by atoms with van der Waals surface area (Å²) in [6.07, 6.45) is 6.67. The van der Waals surface area contributed by atoms with Gasteiger partial charge in [0.1, 0.15) is 0 Å².